The minimum atomic E-state index is -0.455. The van der Waals surface area contributed by atoms with E-state index in [9.17, 15) is 4.79 Å². The Morgan fingerprint density at radius 3 is 2.85 bits per heavy atom. The predicted molar refractivity (Wildman–Crippen MR) is 76.4 cm³/mol. The molecule has 0 spiro atoms. The molecule has 0 radical (unpaired) electrons. The molecule has 0 saturated heterocycles. The number of primary amides is 1. The monoisotopic (exact) mass is 270 g/mol. The van der Waals surface area contributed by atoms with Crippen molar-refractivity contribution in [3.63, 3.8) is 0 Å². The van der Waals surface area contributed by atoms with Crippen LogP contribution >= 0.6 is 0 Å². The number of rotatable bonds is 3. The van der Waals surface area contributed by atoms with Gasteiger partial charge in [0.15, 0.2) is 5.69 Å². The average Bonchev–Trinajstić information content (AvgIpc) is 2.87. The SMILES string of the molecule is CC(c1ccccc1)n1nc(C(N)=O)c2c1CCNC2. The number of carbonyl (C=O) groups is 1. The molecular formula is C15H18N4O. The summed E-state index contributed by atoms with van der Waals surface area (Å²) in [6.07, 6.45) is 0.868. The van der Waals surface area contributed by atoms with Crippen molar-refractivity contribution in [2.24, 2.45) is 5.73 Å². The fourth-order valence-corrected chi connectivity index (χ4v) is 2.77. The van der Waals surface area contributed by atoms with Crippen molar-refractivity contribution in [2.45, 2.75) is 25.9 Å². The molecular weight excluding hydrogens is 252 g/mol. The second-order valence-corrected chi connectivity index (χ2v) is 5.10. The van der Waals surface area contributed by atoms with E-state index in [1.807, 2.05) is 22.9 Å². The van der Waals surface area contributed by atoms with E-state index < -0.39 is 5.91 Å². The van der Waals surface area contributed by atoms with Gasteiger partial charge in [0.2, 0.25) is 0 Å². The van der Waals surface area contributed by atoms with Crippen molar-refractivity contribution in [2.75, 3.05) is 6.54 Å². The van der Waals surface area contributed by atoms with E-state index in [0.29, 0.717) is 12.2 Å². The molecule has 1 amide bonds. The molecule has 2 aromatic rings. The fourth-order valence-electron chi connectivity index (χ4n) is 2.77. The molecule has 1 aliphatic heterocycles. The molecule has 1 unspecified atom stereocenters. The Kier molecular flexibility index (Phi) is 3.28. The van der Waals surface area contributed by atoms with Crippen molar-refractivity contribution in [1.29, 1.82) is 0 Å². The van der Waals surface area contributed by atoms with Gasteiger partial charge in [-0.2, -0.15) is 5.10 Å². The topological polar surface area (TPSA) is 72.9 Å². The van der Waals surface area contributed by atoms with Gasteiger partial charge in [0, 0.05) is 30.8 Å². The largest absolute Gasteiger partial charge is 0.364 e. The standard InChI is InChI=1S/C15H18N4O/c1-10(11-5-3-2-4-6-11)19-13-7-8-17-9-12(13)14(18-19)15(16)20/h2-6,10,17H,7-9H2,1H3,(H2,16,20). The van der Waals surface area contributed by atoms with Gasteiger partial charge < -0.3 is 11.1 Å². The lowest BCUT2D eigenvalue weighted by Crippen LogP contribution is -2.26. The smallest absolute Gasteiger partial charge is 0.269 e. The molecule has 3 rings (SSSR count). The van der Waals surface area contributed by atoms with Gasteiger partial charge in [0.25, 0.3) is 5.91 Å². The third kappa shape index (κ3) is 2.10. The second-order valence-electron chi connectivity index (χ2n) is 5.10. The minimum Gasteiger partial charge on any atom is -0.364 e. The summed E-state index contributed by atoms with van der Waals surface area (Å²) in [4.78, 5) is 11.6. The van der Waals surface area contributed by atoms with Gasteiger partial charge in [0.1, 0.15) is 0 Å². The number of nitrogens with two attached hydrogens (primary N) is 1. The lowest BCUT2D eigenvalue weighted by atomic mass is 10.0. The molecule has 3 N–H and O–H groups in total. The second kappa shape index (κ2) is 5.09. The molecule has 1 aromatic carbocycles. The molecule has 1 aliphatic rings. The van der Waals surface area contributed by atoms with Crippen molar-refractivity contribution < 1.29 is 4.79 Å². The van der Waals surface area contributed by atoms with Crippen LogP contribution in [0.4, 0.5) is 0 Å². The van der Waals surface area contributed by atoms with Crippen molar-refractivity contribution in [3.8, 4) is 0 Å². The van der Waals surface area contributed by atoms with Crippen LogP contribution in [0.5, 0.6) is 0 Å². The number of nitrogens with one attached hydrogen (secondary N) is 1. The number of benzene rings is 1. The molecule has 1 aromatic heterocycles. The van der Waals surface area contributed by atoms with Gasteiger partial charge in [-0.3, -0.25) is 9.48 Å². The maximum absolute atomic E-state index is 11.6. The van der Waals surface area contributed by atoms with E-state index in [0.717, 1.165) is 24.2 Å². The quantitative estimate of drug-likeness (QED) is 0.881. The van der Waals surface area contributed by atoms with Crippen LogP contribution < -0.4 is 11.1 Å². The molecule has 0 fully saturated rings. The molecule has 0 saturated carbocycles. The number of hydrogen-bond acceptors (Lipinski definition) is 3. The maximum atomic E-state index is 11.6. The third-order valence-corrected chi connectivity index (χ3v) is 3.84. The van der Waals surface area contributed by atoms with Crippen LogP contribution in [0.15, 0.2) is 30.3 Å². The molecule has 5 heteroatoms. The number of aromatic nitrogens is 2. The predicted octanol–water partition coefficient (Wildman–Crippen LogP) is 1.24. The van der Waals surface area contributed by atoms with Crippen LogP contribution in [-0.4, -0.2) is 22.2 Å². The van der Waals surface area contributed by atoms with E-state index >= 15 is 0 Å². The zero-order valence-corrected chi connectivity index (χ0v) is 11.5. The van der Waals surface area contributed by atoms with E-state index in [2.05, 4.69) is 29.5 Å². The fraction of sp³-hybridized carbons (Fsp3) is 0.333. The van der Waals surface area contributed by atoms with Gasteiger partial charge in [0.05, 0.1) is 6.04 Å². The van der Waals surface area contributed by atoms with Crippen LogP contribution in [0.3, 0.4) is 0 Å². The normalized spacial score (nSPS) is 15.7. The Balaban J connectivity index is 2.08. The minimum absolute atomic E-state index is 0.0937. The lowest BCUT2D eigenvalue weighted by molar-refractivity contribution is 0.0993. The first-order valence-corrected chi connectivity index (χ1v) is 6.84. The van der Waals surface area contributed by atoms with Gasteiger partial charge in [-0.05, 0) is 12.5 Å². The Morgan fingerprint density at radius 1 is 1.40 bits per heavy atom. The van der Waals surface area contributed by atoms with Crippen LogP contribution in [0.1, 0.15) is 40.3 Å². The average molecular weight is 270 g/mol. The molecule has 0 bridgehead atoms. The highest BCUT2D eigenvalue weighted by atomic mass is 16.1. The summed E-state index contributed by atoms with van der Waals surface area (Å²) in [6.45, 7) is 3.66. The molecule has 1 atom stereocenters. The summed E-state index contributed by atoms with van der Waals surface area (Å²) in [5, 5.41) is 7.74. The highest BCUT2D eigenvalue weighted by molar-refractivity contribution is 5.92. The molecule has 20 heavy (non-hydrogen) atoms. The van der Waals surface area contributed by atoms with Crippen molar-refractivity contribution in [1.82, 2.24) is 15.1 Å². The summed E-state index contributed by atoms with van der Waals surface area (Å²) in [5.74, 6) is -0.455. The Morgan fingerprint density at radius 2 is 2.15 bits per heavy atom. The van der Waals surface area contributed by atoms with E-state index in [1.165, 1.54) is 5.56 Å². The van der Waals surface area contributed by atoms with Gasteiger partial charge >= 0.3 is 0 Å². The first kappa shape index (κ1) is 12.9. The first-order chi connectivity index (χ1) is 9.68. The van der Waals surface area contributed by atoms with Crippen LogP contribution in [0, 0.1) is 0 Å². The van der Waals surface area contributed by atoms with E-state index in [4.69, 9.17) is 5.73 Å². The van der Waals surface area contributed by atoms with Crippen LogP contribution in [0.2, 0.25) is 0 Å². The highest BCUT2D eigenvalue weighted by Crippen LogP contribution is 2.25. The van der Waals surface area contributed by atoms with Crippen molar-refractivity contribution in [3.05, 3.63) is 52.8 Å². The Bertz CT molecular complexity index is 633. The van der Waals surface area contributed by atoms with E-state index in [-0.39, 0.29) is 6.04 Å². The summed E-state index contributed by atoms with van der Waals surface area (Å²) in [5.41, 5.74) is 9.09. The Hall–Kier alpha value is -2.14. The summed E-state index contributed by atoms with van der Waals surface area (Å²) in [7, 11) is 0. The maximum Gasteiger partial charge on any atom is 0.269 e. The number of hydrogen-bond donors (Lipinski definition) is 2. The Labute approximate surface area is 117 Å². The van der Waals surface area contributed by atoms with Crippen molar-refractivity contribution >= 4 is 5.91 Å². The zero-order chi connectivity index (χ0) is 14.1. The lowest BCUT2D eigenvalue weighted by Gasteiger charge is -2.19. The summed E-state index contributed by atoms with van der Waals surface area (Å²) < 4.78 is 1.95. The van der Waals surface area contributed by atoms with E-state index in [1.54, 1.807) is 0 Å². The number of carbonyl (C=O) groups excluding carboxylic acids is 1. The summed E-state index contributed by atoms with van der Waals surface area (Å²) in [6, 6.07) is 10.3. The molecule has 2 heterocycles. The summed E-state index contributed by atoms with van der Waals surface area (Å²) >= 11 is 0. The van der Waals surface area contributed by atoms with Gasteiger partial charge in [-0.15, -0.1) is 0 Å². The first-order valence-electron chi connectivity index (χ1n) is 6.84. The molecule has 104 valence electrons. The number of amides is 1. The molecule has 0 aliphatic carbocycles. The molecule has 5 nitrogen and oxygen atoms in total. The highest BCUT2D eigenvalue weighted by Gasteiger charge is 2.25. The number of fused-ring (bicyclic) bond motifs is 1. The number of nitrogens with zero attached hydrogens (tertiary/aromatic N) is 2. The van der Waals surface area contributed by atoms with Crippen LogP contribution in [-0.2, 0) is 13.0 Å². The zero-order valence-electron chi connectivity index (χ0n) is 11.5. The third-order valence-electron chi connectivity index (χ3n) is 3.84. The van der Waals surface area contributed by atoms with Gasteiger partial charge in [-0.1, -0.05) is 30.3 Å². The van der Waals surface area contributed by atoms with Gasteiger partial charge in [-0.25, -0.2) is 0 Å². The van der Waals surface area contributed by atoms with Crippen LogP contribution in [0.25, 0.3) is 0 Å².